The maximum Gasteiger partial charge on any atom is 0.161 e. The van der Waals surface area contributed by atoms with Crippen molar-refractivity contribution in [2.45, 2.75) is 25.4 Å². The topological polar surface area (TPSA) is 33.7 Å². The van der Waals surface area contributed by atoms with Gasteiger partial charge in [0, 0.05) is 13.1 Å². The van der Waals surface area contributed by atoms with Crippen LogP contribution in [0.15, 0.2) is 18.2 Å². The van der Waals surface area contributed by atoms with E-state index in [1.807, 2.05) is 6.07 Å². The zero-order valence-electron chi connectivity index (χ0n) is 13.1. The molecule has 0 aliphatic carbocycles. The normalized spacial score (nSPS) is 21.0. The highest BCUT2D eigenvalue weighted by molar-refractivity contribution is 5.43. The zero-order chi connectivity index (χ0) is 14.7. The molecule has 2 fully saturated rings. The smallest absolute Gasteiger partial charge is 0.161 e. The summed E-state index contributed by atoms with van der Waals surface area (Å²) in [5.41, 5.74) is 1.37. The zero-order valence-corrected chi connectivity index (χ0v) is 13.1. The number of nitrogens with zero attached hydrogens (tertiary/aromatic N) is 1. The molecular formula is C17H26N2O2. The number of ether oxygens (including phenoxy) is 2. The van der Waals surface area contributed by atoms with Gasteiger partial charge in [0.25, 0.3) is 0 Å². The standard InChI is InChI=1S/C17H26N2O2/c1-19-11-15(12-19)21-17-10-14(3-4-16(17)20-2)9-13-5-7-18-8-6-13/h3-4,10,13,15,18H,5-9,11-12H2,1-2H3. The number of piperidine rings is 1. The quantitative estimate of drug-likeness (QED) is 0.898. The Hall–Kier alpha value is -1.26. The Balaban J connectivity index is 1.66. The SMILES string of the molecule is COc1ccc(CC2CCNCC2)cc1OC1CN(C)C1. The van der Waals surface area contributed by atoms with Crippen molar-refractivity contribution in [3.05, 3.63) is 23.8 Å². The van der Waals surface area contributed by atoms with Crippen molar-refractivity contribution in [3.63, 3.8) is 0 Å². The van der Waals surface area contributed by atoms with E-state index in [1.165, 1.54) is 18.4 Å². The van der Waals surface area contributed by atoms with Crippen molar-refractivity contribution in [3.8, 4) is 11.5 Å². The summed E-state index contributed by atoms with van der Waals surface area (Å²) >= 11 is 0. The number of rotatable bonds is 5. The fourth-order valence-electron chi connectivity index (χ4n) is 3.26. The molecule has 1 aromatic rings. The fraction of sp³-hybridized carbons (Fsp3) is 0.647. The molecule has 0 radical (unpaired) electrons. The molecule has 0 spiro atoms. The molecule has 2 heterocycles. The van der Waals surface area contributed by atoms with Crippen LogP contribution in [0.1, 0.15) is 18.4 Å². The second-order valence-corrected chi connectivity index (χ2v) is 6.34. The number of benzene rings is 1. The molecule has 2 aliphatic heterocycles. The van der Waals surface area contributed by atoms with Gasteiger partial charge in [-0.25, -0.2) is 0 Å². The summed E-state index contributed by atoms with van der Waals surface area (Å²) in [4.78, 5) is 2.26. The fourth-order valence-corrected chi connectivity index (χ4v) is 3.26. The van der Waals surface area contributed by atoms with Gasteiger partial charge in [0.2, 0.25) is 0 Å². The van der Waals surface area contributed by atoms with Crippen LogP contribution in [0.25, 0.3) is 0 Å². The molecule has 0 aromatic heterocycles. The van der Waals surface area contributed by atoms with Crippen LogP contribution in [0.4, 0.5) is 0 Å². The van der Waals surface area contributed by atoms with Crippen molar-refractivity contribution in [1.29, 1.82) is 0 Å². The molecule has 21 heavy (non-hydrogen) atoms. The minimum atomic E-state index is 0.304. The molecule has 1 N–H and O–H groups in total. The number of likely N-dealkylation sites (N-methyl/N-ethyl adjacent to an activating group) is 1. The van der Waals surface area contributed by atoms with Crippen molar-refractivity contribution >= 4 is 0 Å². The highest BCUT2D eigenvalue weighted by Crippen LogP contribution is 2.31. The van der Waals surface area contributed by atoms with Crippen LogP contribution in [0.5, 0.6) is 11.5 Å². The summed E-state index contributed by atoms with van der Waals surface area (Å²) in [7, 11) is 3.83. The van der Waals surface area contributed by atoms with Gasteiger partial charge in [-0.3, -0.25) is 4.90 Å². The van der Waals surface area contributed by atoms with Crippen LogP contribution in [-0.2, 0) is 6.42 Å². The van der Waals surface area contributed by atoms with E-state index in [1.54, 1.807) is 7.11 Å². The monoisotopic (exact) mass is 290 g/mol. The molecule has 2 saturated heterocycles. The van der Waals surface area contributed by atoms with E-state index in [2.05, 4.69) is 29.4 Å². The molecule has 0 bridgehead atoms. The molecule has 4 heteroatoms. The average molecular weight is 290 g/mol. The molecule has 0 amide bonds. The van der Waals surface area contributed by atoms with E-state index in [-0.39, 0.29) is 0 Å². The van der Waals surface area contributed by atoms with Crippen LogP contribution in [0.2, 0.25) is 0 Å². The lowest BCUT2D eigenvalue weighted by atomic mass is 9.91. The van der Waals surface area contributed by atoms with Gasteiger partial charge < -0.3 is 14.8 Å². The molecule has 0 atom stereocenters. The Morgan fingerprint density at radius 3 is 2.62 bits per heavy atom. The van der Waals surface area contributed by atoms with E-state index in [0.717, 1.165) is 50.0 Å². The predicted molar refractivity (Wildman–Crippen MR) is 84.2 cm³/mol. The van der Waals surface area contributed by atoms with Crippen LogP contribution in [0.3, 0.4) is 0 Å². The van der Waals surface area contributed by atoms with Gasteiger partial charge in [0.15, 0.2) is 11.5 Å². The minimum absolute atomic E-state index is 0.304. The minimum Gasteiger partial charge on any atom is -0.493 e. The van der Waals surface area contributed by atoms with Gasteiger partial charge in [-0.05, 0) is 63.0 Å². The first-order valence-corrected chi connectivity index (χ1v) is 7.97. The molecule has 3 rings (SSSR count). The molecule has 0 saturated carbocycles. The molecule has 116 valence electrons. The van der Waals surface area contributed by atoms with Crippen molar-refractivity contribution in [2.24, 2.45) is 5.92 Å². The van der Waals surface area contributed by atoms with Crippen molar-refractivity contribution in [2.75, 3.05) is 40.3 Å². The van der Waals surface area contributed by atoms with E-state index < -0.39 is 0 Å². The predicted octanol–water partition coefficient (Wildman–Crippen LogP) is 1.93. The first kappa shape index (κ1) is 14.7. The Morgan fingerprint density at radius 2 is 1.95 bits per heavy atom. The number of hydrogen-bond acceptors (Lipinski definition) is 4. The van der Waals surface area contributed by atoms with Crippen LogP contribution in [-0.4, -0.2) is 51.3 Å². The Morgan fingerprint density at radius 1 is 1.19 bits per heavy atom. The van der Waals surface area contributed by atoms with Gasteiger partial charge >= 0.3 is 0 Å². The van der Waals surface area contributed by atoms with Crippen molar-refractivity contribution < 1.29 is 9.47 Å². The van der Waals surface area contributed by atoms with Gasteiger partial charge in [-0.2, -0.15) is 0 Å². The third kappa shape index (κ3) is 3.69. The first-order chi connectivity index (χ1) is 10.2. The molecular weight excluding hydrogens is 264 g/mol. The Bertz CT molecular complexity index is 466. The first-order valence-electron chi connectivity index (χ1n) is 7.97. The average Bonchev–Trinajstić information content (AvgIpc) is 2.47. The highest BCUT2D eigenvalue weighted by atomic mass is 16.5. The van der Waals surface area contributed by atoms with E-state index in [0.29, 0.717) is 6.10 Å². The van der Waals surface area contributed by atoms with E-state index >= 15 is 0 Å². The van der Waals surface area contributed by atoms with Gasteiger partial charge in [-0.1, -0.05) is 6.07 Å². The third-order valence-electron chi connectivity index (χ3n) is 4.54. The van der Waals surface area contributed by atoms with Gasteiger partial charge in [0.1, 0.15) is 6.10 Å². The molecule has 0 unspecified atom stereocenters. The van der Waals surface area contributed by atoms with Crippen LogP contribution < -0.4 is 14.8 Å². The third-order valence-corrected chi connectivity index (χ3v) is 4.54. The second kappa shape index (κ2) is 6.67. The lowest BCUT2D eigenvalue weighted by Gasteiger charge is -2.36. The Kier molecular flexibility index (Phi) is 4.66. The highest BCUT2D eigenvalue weighted by Gasteiger charge is 2.26. The molecule has 4 nitrogen and oxygen atoms in total. The summed E-state index contributed by atoms with van der Waals surface area (Å²) in [6.45, 7) is 4.31. The van der Waals surface area contributed by atoms with Gasteiger partial charge in [0.05, 0.1) is 7.11 Å². The van der Waals surface area contributed by atoms with Crippen LogP contribution >= 0.6 is 0 Å². The number of methoxy groups -OCH3 is 1. The summed E-state index contributed by atoms with van der Waals surface area (Å²) in [6.07, 6.45) is 4.00. The Labute approximate surface area is 127 Å². The van der Waals surface area contributed by atoms with Gasteiger partial charge in [-0.15, -0.1) is 0 Å². The molecule has 2 aliphatic rings. The largest absolute Gasteiger partial charge is 0.493 e. The summed E-state index contributed by atoms with van der Waals surface area (Å²) in [5.74, 6) is 2.54. The van der Waals surface area contributed by atoms with E-state index in [9.17, 15) is 0 Å². The molecule has 1 aromatic carbocycles. The summed E-state index contributed by atoms with van der Waals surface area (Å²) in [5, 5.41) is 3.43. The number of likely N-dealkylation sites (tertiary alicyclic amines) is 1. The summed E-state index contributed by atoms with van der Waals surface area (Å²) < 4.78 is 11.5. The van der Waals surface area contributed by atoms with Crippen molar-refractivity contribution in [1.82, 2.24) is 10.2 Å². The summed E-state index contributed by atoms with van der Waals surface area (Å²) in [6, 6.07) is 6.41. The number of hydrogen-bond donors (Lipinski definition) is 1. The van der Waals surface area contributed by atoms with Crippen LogP contribution in [0, 0.1) is 5.92 Å². The lowest BCUT2D eigenvalue weighted by molar-refractivity contribution is 0.0369. The maximum atomic E-state index is 6.09. The number of nitrogens with one attached hydrogen (secondary N) is 1. The lowest BCUT2D eigenvalue weighted by Crippen LogP contribution is -2.51. The van der Waals surface area contributed by atoms with E-state index in [4.69, 9.17) is 9.47 Å². The second-order valence-electron chi connectivity index (χ2n) is 6.34. The maximum absolute atomic E-state index is 6.09.